The predicted molar refractivity (Wildman–Crippen MR) is 30.7 cm³/mol. The number of halogens is 3. The molecular formula is C3H7F3N4O2. The number of nitrogens with two attached hydrogens (primary N) is 2. The third-order valence-corrected chi connectivity index (χ3v) is 1.08. The van der Waals surface area contributed by atoms with Crippen molar-refractivity contribution in [1.82, 2.24) is 10.9 Å². The van der Waals surface area contributed by atoms with E-state index in [0.717, 1.165) is 10.9 Å². The Morgan fingerprint density at radius 3 is 1.83 bits per heavy atom. The van der Waals surface area contributed by atoms with Crippen LogP contribution in [0.5, 0.6) is 0 Å². The smallest absolute Gasteiger partial charge is 0.360 e. The molecule has 12 heavy (non-hydrogen) atoms. The van der Waals surface area contributed by atoms with Crippen LogP contribution in [0.25, 0.3) is 0 Å². The number of nitrogens with one attached hydrogen (secondary N) is 2. The van der Waals surface area contributed by atoms with Crippen molar-refractivity contribution in [2.24, 2.45) is 11.7 Å². The zero-order chi connectivity index (χ0) is 9.99. The zero-order valence-electron chi connectivity index (χ0n) is 5.64. The van der Waals surface area contributed by atoms with E-state index < -0.39 is 17.8 Å². The number of carbonyl (C=O) groups is 1. The minimum atomic E-state index is -5.24. The van der Waals surface area contributed by atoms with Crippen LogP contribution in [0.1, 0.15) is 0 Å². The molecule has 0 saturated heterocycles. The molecule has 0 aliphatic carbocycles. The van der Waals surface area contributed by atoms with Crippen LogP contribution in [-0.4, -0.2) is 22.9 Å². The van der Waals surface area contributed by atoms with E-state index in [9.17, 15) is 18.0 Å². The molecule has 0 aromatic carbocycles. The second-order valence-electron chi connectivity index (χ2n) is 1.83. The van der Waals surface area contributed by atoms with E-state index in [-0.39, 0.29) is 0 Å². The van der Waals surface area contributed by atoms with Crippen LogP contribution in [0.15, 0.2) is 0 Å². The van der Waals surface area contributed by atoms with Gasteiger partial charge in [-0.2, -0.15) is 13.2 Å². The summed E-state index contributed by atoms with van der Waals surface area (Å²) in [5.41, 5.74) is -1.84. The number of hydrogen-bond donors (Lipinski definition) is 5. The molecule has 0 heterocycles. The number of hydrazine groups is 2. The molecule has 0 saturated carbocycles. The highest BCUT2D eigenvalue weighted by Gasteiger charge is 2.59. The summed E-state index contributed by atoms with van der Waals surface area (Å²) in [5, 5.41) is 8.57. The quantitative estimate of drug-likeness (QED) is 0.145. The van der Waals surface area contributed by atoms with E-state index >= 15 is 0 Å². The molecule has 6 nitrogen and oxygen atoms in total. The van der Waals surface area contributed by atoms with Crippen molar-refractivity contribution in [2.75, 3.05) is 0 Å². The lowest BCUT2D eigenvalue weighted by Crippen LogP contribution is -2.68. The molecule has 0 unspecified atom stereocenters. The first kappa shape index (κ1) is 11.1. The fourth-order valence-electron chi connectivity index (χ4n) is 0.381. The number of amides is 1. The first-order valence-electron chi connectivity index (χ1n) is 2.57. The number of aliphatic hydroxyl groups is 1. The van der Waals surface area contributed by atoms with Gasteiger partial charge in [-0.3, -0.25) is 16.1 Å². The Bertz CT molecular complexity index is 183. The topological polar surface area (TPSA) is 113 Å². The maximum atomic E-state index is 11.8. The molecule has 0 radical (unpaired) electrons. The molecule has 72 valence electrons. The molecule has 1 atom stereocenters. The Morgan fingerprint density at radius 2 is 1.75 bits per heavy atom. The molecule has 0 aromatic heterocycles. The largest absolute Gasteiger partial charge is 0.442 e. The lowest BCUT2D eigenvalue weighted by molar-refractivity contribution is -0.262. The molecule has 7 N–H and O–H groups in total. The lowest BCUT2D eigenvalue weighted by Gasteiger charge is -2.26. The zero-order valence-corrected chi connectivity index (χ0v) is 5.64. The van der Waals surface area contributed by atoms with Crippen LogP contribution in [0.3, 0.4) is 0 Å². The van der Waals surface area contributed by atoms with E-state index in [0.29, 0.717) is 0 Å². The first-order valence-corrected chi connectivity index (χ1v) is 2.57. The van der Waals surface area contributed by atoms with E-state index in [1.54, 1.807) is 0 Å². The summed E-state index contributed by atoms with van der Waals surface area (Å²) in [4.78, 5) is 10.4. The summed E-state index contributed by atoms with van der Waals surface area (Å²) < 4.78 is 35.5. The monoisotopic (exact) mass is 188 g/mol. The van der Waals surface area contributed by atoms with Gasteiger partial charge in [0.1, 0.15) is 0 Å². The van der Waals surface area contributed by atoms with Crippen molar-refractivity contribution in [3.8, 4) is 0 Å². The van der Waals surface area contributed by atoms with Crippen molar-refractivity contribution in [3.63, 3.8) is 0 Å². The molecule has 0 rings (SSSR count). The Labute approximate surface area is 64.6 Å². The fraction of sp³-hybridized carbons (Fsp3) is 0.667. The summed E-state index contributed by atoms with van der Waals surface area (Å²) in [6.45, 7) is 0. The molecule has 0 aliphatic heterocycles. The van der Waals surface area contributed by atoms with Crippen LogP contribution in [0.4, 0.5) is 13.2 Å². The predicted octanol–water partition coefficient (Wildman–Crippen LogP) is -2.31. The van der Waals surface area contributed by atoms with Gasteiger partial charge in [0.2, 0.25) is 0 Å². The molecule has 0 spiro atoms. The summed E-state index contributed by atoms with van der Waals surface area (Å²) in [7, 11) is 0. The van der Waals surface area contributed by atoms with Gasteiger partial charge in [0, 0.05) is 0 Å². The lowest BCUT2D eigenvalue weighted by atomic mass is 10.2. The van der Waals surface area contributed by atoms with Gasteiger partial charge in [0.05, 0.1) is 0 Å². The van der Waals surface area contributed by atoms with Gasteiger partial charge in [-0.1, -0.05) is 0 Å². The van der Waals surface area contributed by atoms with Gasteiger partial charge in [-0.25, -0.2) is 11.3 Å². The van der Waals surface area contributed by atoms with Crippen molar-refractivity contribution in [2.45, 2.75) is 11.9 Å². The van der Waals surface area contributed by atoms with Crippen molar-refractivity contribution in [1.29, 1.82) is 0 Å². The summed E-state index contributed by atoms with van der Waals surface area (Å²) in [6.07, 6.45) is -5.24. The molecule has 0 bridgehead atoms. The van der Waals surface area contributed by atoms with Gasteiger partial charge in [-0.15, -0.1) is 0 Å². The van der Waals surface area contributed by atoms with Crippen LogP contribution in [0, 0.1) is 0 Å². The highest BCUT2D eigenvalue weighted by Crippen LogP contribution is 2.27. The minimum absolute atomic E-state index is 0.908. The minimum Gasteiger partial charge on any atom is -0.360 e. The van der Waals surface area contributed by atoms with Crippen LogP contribution >= 0.6 is 0 Å². The Morgan fingerprint density at radius 1 is 1.33 bits per heavy atom. The van der Waals surface area contributed by atoms with Gasteiger partial charge >= 0.3 is 11.9 Å². The average molecular weight is 188 g/mol. The Hall–Kier alpha value is -0.900. The second-order valence-corrected chi connectivity index (χ2v) is 1.83. The molecule has 0 fully saturated rings. The van der Waals surface area contributed by atoms with E-state index in [1.165, 1.54) is 0 Å². The normalized spacial score (nSPS) is 16.8. The van der Waals surface area contributed by atoms with E-state index in [4.69, 9.17) is 5.11 Å². The van der Waals surface area contributed by atoms with Crippen molar-refractivity contribution in [3.05, 3.63) is 0 Å². The Balaban J connectivity index is 4.80. The first-order chi connectivity index (χ1) is 5.29. The second kappa shape index (κ2) is 3.23. The number of hydrogen-bond acceptors (Lipinski definition) is 5. The number of alkyl halides is 3. The van der Waals surface area contributed by atoms with Crippen LogP contribution < -0.4 is 22.5 Å². The third-order valence-electron chi connectivity index (χ3n) is 1.08. The molecule has 0 aliphatic rings. The van der Waals surface area contributed by atoms with Gasteiger partial charge in [0.15, 0.2) is 0 Å². The molecule has 9 heteroatoms. The molecule has 0 aromatic rings. The van der Waals surface area contributed by atoms with Crippen LogP contribution in [-0.2, 0) is 4.79 Å². The standard InChI is InChI=1S/C3H7F3N4O2/c4-3(5,6)2(12,10-8)1(11)9-7/h10,12H,7-8H2,(H,9,11)/t2-/m1/s1. The third kappa shape index (κ3) is 1.64. The van der Waals surface area contributed by atoms with Crippen molar-refractivity contribution >= 4 is 5.91 Å². The number of carbonyl (C=O) groups excluding carboxylic acids is 1. The van der Waals surface area contributed by atoms with Gasteiger partial charge in [-0.05, 0) is 0 Å². The summed E-state index contributed by atoms with van der Waals surface area (Å²) in [5.74, 6) is 6.82. The highest BCUT2D eigenvalue weighted by atomic mass is 19.4. The maximum Gasteiger partial charge on any atom is 0.442 e. The average Bonchev–Trinajstić information content (AvgIpc) is 1.99. The van der Waals surface area contributed by atoms with E-state index in [2.05, 4.69) is 11.7 Å². The molecular weight excluding hydrogens is 181 g/mol. The van der Waals surface area contributed by atoms with Crippen LogP contribution in [0.2, 0.25) is 0 Å². The number of rotatable bonds is 2. The highest BCUT2D eigenvalue weighted by molar-refractivity contribution is 5.84. The van der Waals surface area contributed by atoms with Gasteiger partial charge < -0.3 is 5.11 Å². The maximum absolute atomic E-state index is 11.8. The molecule has 1 amide bonds. The van der Waals surface area contributed by atoms with Crippen molar-refractivity contribution < 1.29 is 23.1 Å². The Kier molecular flexibility index (Phi) is 2.98. The SMILES string of the molecule is NNC(=O)[C@](O)(NN)C(F)(F)F. The fourth-order valence-corrected chi connectivity index (χ4v) is 0.381. The summed E-state index contributed by atoms with van der Waals surface area (Å²) in [6, 6.07) is 0. The summed E-state index contributed by atoms with van der Waals surface area (Å²) >= 11 is 0. The van der Waals surface area contributed by atoms with Gasteiger partial charge in [0.25, 0.3) is 5.91 Å². The van der Waals surface area contributed by atoms with E-state index in [1.807, 2.05) is 0 Å².